The number of carbonyl (C=O) groups is 1. The van der Waals surface area contributed by atoms with Gasteiger partial charge in [-0.3, -0.25) is 4.79 Å². The van der Waals surface area contributed by atoms with Crippen molar-refractivity contribution in [3.63, 3.8) is 0 Å². The van der Waals surface area contributed by atoms with Crippen LogP contribution in [0.4, 0.5) is 0 Å². The number of benzene rings is 1. The molecule has 2 saturated heterocycles. The van der Waals surface area contributed by atoms with Gasteiger partial charge in [-0.25, -0.2) is 0 Å². The molecule has 0 amide bonds. The Balaban J connectivity index is 1.28. The lowest BCUT2D eigenvalue weighted by atomic mass is 10.1. The first-order valence-electron chi connectivity index (χ1n) is 11.6. The molecule has 2 fully saturated rings. The molecule has 1 aromatic carbocycles. The summed E-state index contributed by atoms with van der Waals surface area (Å²) in [6, 6.07) is 10.5. The maximum atomic E-state index is 13.1. The zero-order valence-electron chi connectivity index (χ0n) is 19.2. The minimum absolute atomic E-state index is 0.278. The van der Waals surface area contributed by atoms with E-state index in [1.807, 2.05) is 12.1 Å². The van der Waals surface area contributed by atoms with E-state index in [1.54, 1.807) is 12.0 Å². The number of hydrogen-bond acceptors (Lipinski definition) is 3. The summed E-state index contributed by atoms with van der Waals surface area (Å²) in [6.45, 7) is 11.9. The van der Waals surface area contributed by atoms with Gasteiger partial charge < -0.3 is 23.8 Å². The largest absolute Gasteiger partial charge is 0.497 e. The monoisotopic (exact) mass is 427 g/mol. The van der Waals surface area contributed by atoms with Gasteiger partial charge in [0.15, 0.2) is 0 Å². The van der Waals surface area contributed by atoms with Crippen molar-refractivity contribution < 1.29 is 24.1 Å². The van der Waals surface area contributed by atoms with Crippen LogP contribution in [0.15, 0.2) is 30.3 Å². The molecule has 2 aliphatic rings. The molecule has 168 valence electrons. The predicted molar refractivity (Wildman–Crippen MR) is 120 cm³/mol. The summed E-state index contributed by atoms with van der Waals surface area (Å²) in [5, 5.41) is 0. The summed E-state index contributed by atoms with van der Waals surface area (Å²) in [6.07, 6.45) is 2.55. The van der Waals surface area contributed by atoms with Crippen LogP contribution >= 0.6 is 0 Å². The van der Waals surface area contributed by atoms with Crippen molar-refractivity contribution in [1.82, 2.24) is 4.57 Å². The summed E-state index contributed by atoms with van der Waals surface area (Å²) in [7, 11) is 1.70. The van der Waals surface area contributed by atoms with Gasteiger partial charge in [-0.05, 0) is 57.0 Å². The van der Waals surface area contributed by atoms with Crippen LogP contribution in [-0.2, 0) is 17.8 Å². The molecule has 2 aliphatic heterocycles. The quantitative estimate of drug-likeness (QED) is 0.602. The van der Waals surface area contributed by atoms with Crippen LogP contribution in [0.5, 0.6) is 5.75 Å². The van der Waals surface area contributed by atoms with Crippen molar-refractivity contribution in [2.45, 2.75) is 45.9 Å². The average Bonchev–Trinajstić information content (AvgIpc) is 3.39. The molecule has 31 heavy (non-hydrogen) atoms. The average molecular weight is 428 g/mol. The molecule has 1 atom stereocenters. The first kappa shape index (κ1) is 22.1. The van der Waals surface area contributed by atoms with Gasteiger partial charge in [0, 0.05) is 35.7 Å². The molecule has 0 spiro atoms. The van der Waals surface area contributed by atoms with E-state index in [-0.39, 0.29) is 5.78 Å². The molecule has 4 rings (SSSR count). The normalized spacial score (nSPS) is 23.8. The Morgan fingerprint density at radius 1 is 1.13 bits per heavy atom. The fourth-order valence-electron chi connectivity index (χ4n) is 5.02. The van der Waals surface area contributed by atoms with E-state index in [9.17, 15) is 4.79 Å². The molecule has 6 heteroatoms. The Labute approximate surface area is 185 Å². The minimum Gasteiger partial charge on any atom is -0.497 e. The Kier molecular flexibility index (Phi) is 7.10. The number of nitrogens with zero attached hydrogens (tertiary/aromatic N) is 1. The van der Waals surface area contributed by atoms with E-state index in [4.69, 9.17) is 9.47 Å². The second-order valence-corrected chi connectivity index (χ2v) is 9.16. The van der Waals surface area contributed by atoms with E-state index >= 15 is 0 Å². The predicted octanol–water partition coefficient (Wildman–Crippen LogP) is 0.459. The second-order valence-electron chi connectivity index (χ2n) is 9.16. The zero-order chi connectivity index (χ0) is 21.8. The maximum Gasteiger partial charge on any atom is 0.218 e. The fourth-order valence-corrected chi connectivity index (χ4v) is 5.02. The lowest BCUT2D eigenvalue weighted by Gasteiger charge is -2.29. The van der Waals surface area contributed by atoms with Gasteiger partial charge in [-0.1, -0.05) is 0 Å². The number of quaternary nitrogens is 2. The topological polar surface area (TPSA) is 49.3 Å². The molecule has 6 nitrogen and oxygen atoms in total. The summed E-state index contributed by atoms with van der Waals surface area (Å²) in [4.78, 5) is 16.1. The maximum absolute atomic E-state index is 13.1. The Morgan fingerprint density at radius 3 is 2.48 bits per heavy atom. The summed E-state index contributed by atoms with van der Waals surface area (Å²) in [5.74, 6) is 1.18. The first-order chi connectivity index (χ1) is 15.0. The van der Waals surface area contributed by atoms with Crippen LogP contribution in [0.25, 0.3) is 0 Å². The summed E-state index contributed by atoms with van der Waals surface area (Å²) >= 11 is 0. The van der Waals surface area contributed by atoms with Crippen LogP contribution in [0.2, 0.25) is 0 Å². The number of hydrogen-bond donors (Lipinski definition) is 2. The standard InChI is InChI=1S/C25H35N3O3/c1-19-15-24(20(2)28(19)17-23-5-4-14-31-23)25(29)18-27-12-10-26(11-13-27)16-21-6-8-22(30-3)9-7-21/h6-9,15,23H,4-5,10-14,16-18H2,1-3H3/p+2/t23-/m1/s1. The SMILES string of the molecule is COc1ccc(C[NH+]2CC[NH+](CC(=O)c3cc(C)n(C[C@H]4CCCO4)c3C)CC2)cc1. The third-order valence-corrected chi connectivity index (χ3v) is 6.97. The summed E-state index contributed by atoms with van der Waals surface area (Å²) < 4.78 is 13.3. The number of aromatic nitrogens is 1. The molecule has 0 unspecified atom stereocenters. The Hall–Kier alpha value is -2.15. The van der Waals surface area contributed by atoms with Crippen LogP contribution in [0, 0.1) is 13.8 Å². The van der Waals surface area contributed by atoms with Gasteiger partial charge in [0.05, 0.1) is 13.2 Å². The first-order valence-corrected chi connectivity index (χ1v) is 11.6. The van der Waals surface area contributed by atoms with Crippen LogP contribution in [0.3, 0.4) is 0 Å². The smallest absolute Gasteiger partial charge is 0.218 e. The molecular formula is C25H37N3O3+2. The molecule has 0 aliphatic carbocycles. The van der Waals surface area contributed by atoms with E-state index in [0.717, 1.165) is 75.7 Å². The molecule has 1 aromatic heterocycles. The highest BCUT2D eigenvalue weighted by Gasteiger charge is 2.27. The van der Waals surface area contributed by atoms with E-state index < -0.39 is 0 Å². The number of nitrogens with one attached hydrogen (secondary N) is 2. The van der Waals surface area contributed by atoms with Crippen LogP contribution in [-0.4, -0.2) is 62.9 Å². The Bertz CT molecular complexity index is 876. The van der Waals surface area contributed by atoms with Gasteiger partial charge in [-0.15, -0.1) is 0 Å². The third-order valence-electron chi connectivity index (χ3n) is 6.97. The molecule has 0 bridgehead atoms. The van der Waals surface area contributed by atoms with Crippen molar-refractivity contribution in [1.29, 1.82) is 0 Å². The van der Waals surface area contributed by atoms with Crippen LogP contribution in [0.1, 0.15) is 40.2 Å². The van der Waals surface area contributed by atoms with Crippen molar-refractivity contribution in [3.8, 4) is 5.75 Å². The molecular weight excluding hydrogens is 390 g/mol. The van der Waals surface area contributed by atoms with Gasteiger partial charge in [-0.2, -0.15) is 0 Å². The van der Waals surface area contributed by atoms with E-state index in [0.29, 0.717) is 12.6 Å². The lowest BCUT2D eigenvalue weighted by molar-refractivity contribution is -1.01. The van der Waals surface area contributed by atoms with E-state index in [2.05, 4.69) is 36.6 Å². The van der Waals surface area contributed by atoms with E-state index in [1.165, 1.54) is 16.2 Å². The molecule has 2 aromatic rings. The van der Waals surface area contributed by atoms with Crippen molar-refractivity contribution in [3.05, 3.63) is 52.8 Å². The third kappa shape index (κ3) is 5.37. The molecule has 2 N–H and O–H groups in total. The minimum atomic E-state index is 0.278. The van der Waals surface area contributed by atoms with Crippen molar-refractivity contribution >= 4 is 5.78 Å². The molecule has 0 radical (unpaired) electrons. The van der Waals surface area contributed by atoms with Gasteiger partial charge in [0.2, 0.25) is 5.78 Å². The van der Waals surface area contributed by atoms with Crippen molar-refractivity contribution in [2.75, 3.05) is 46.4 Å². The number of piperazine rings is 1. The number of aryl methyl sites for hydroxylation is 1. The number of ether oxygens (including phenoxy) is 2. The fraction of sp³-hybridized carbons (Fsp3) is 0.560. The highest BCUT2D eigenvalue weighted by Crippen LogP contribution is 2.20. The highest BCUT2D eigenvalue weighted by molar-refractivity contribution is 5.98. The summed E-state index contributed by atoms with van der Waals surface area (Å²) in [5.41, 5.74) is 4.51. The molecule has 3 heterocycles. The molecule has 0 saturated carbocycles. The number of carbonyl (C=O) groups excluding carboxylic acids is 1. The lowest BCUT2D eigenvalue weighted by Crippen LogP contribution is -3.27. The number of Topliss-reactive ketones (excluding diaryl/α,β-unsaturated/α-hetero) is 1. The second kappa shape index (κ2) is 9.98. The van der Waals surface area contributed by atoms with Gasteiger partial charge in [0.1, 0.15) is 45.0 Å². The number of rotatable bonds is 8. The van der Waals surface area contributed by atoms with Crippen molar-refractivity contribution in [2.24, 2.45) is 0 Å². The van der Waals surface area contributed by atoms with Gasteiger partial charge in [0.25, 0.3) is 0 Å². The number of ketones is 1. The number of methoxy groups -OCH3 is 1. The highest BCUT2D eigenvalue weighted by atomic mass is 16.5. The zero-order valence-corrected chi connectivity index (χ0v) is 19.2. The van der Waals surface area contributed by atoms with Gasteiger partial charge >= 0.3 is 0 Å². The Morgan fingerprint density at radius 2 is 1.84 bits per heavy atom. The van der Waals surface area contributed by atoms with Crippen LogP contribution < -0.4 is 14.5 Å².